The van der Waals surface area contributed by atoms with Gasteiger partial charge in [0.25, 0.3) is 0 Å². The molecule has 3 fully saturated rings. The SMILES string of the molecule is O=C(C1CNC1)N1CC[C@H](O)[C@@H](CC2CC2)C1. The van der Waals surface area contributed by atoms with E-state index in [0.29, 0.717) is 11.8 Å². The van der Waals surface area contributed by atoms with E-state index in [1.807, 2.05) is 4.90 Å². The van der Waals surface area contributed by atoms with E-state index in [1.165, 1.54) is 12.8 Å². The Balaban J connectivity index is 1.56. The van der Waals surface area contributed by atoms with Crippen molar-refractivity contribution >= 4 is 5.91 Å². The molecule has 2 atom stereocenters. The summed E-state index contributed by atoms with van der Waals surface area (Å²) in [7, 11) is 0. The normalized spacial score (nSPS) is 34.5. The second-order valence-corrected chi connectivity index (χ2v) is 5.93. The zero-order valence-corrected chi connectivity index (χ0v) is 10.3. The van der Waals surface area contributed by atoms with Gasteiger partial charge in [0.1, 0.15) is 0 Å². The fourth-order valence-electron chi connectivity index (χ4n) is 2.95. The minimum Gasteiger partial charge on any atom is -0.393 e. The average Bonchev–Trinajstić information content (AvgIpc) is 3.02. The smallest absolute Gasteiger partial charge is 0.228 e. The van der Waals surface area contributed by atoms with Gasteiger partial charge in [-0.25, -0.2) is 0 Å². The van der Waals surface area contributed by atoms with Gasteiger partial charge in [-0.1, -0.05) is 12.8 Å². The molecule has 2 N–H and O–H groups in total. The van der Waals surface area contributed by atoms with Crippen LogP contribution in [0, 0.1) is 17.8 Å². The Morgan fingerprint density at radius 3 is 2.65 bits per heavy atom. The minimum absolute atomic E-state index is 0.181. The van der Waals surface area contributed by atoms with Crippen LogP contribution in [0.2, 0.25) is 0 Å². The largest absolute Gasteiger partial charge is 0.393 e. The molecule has 0 radical (unpaired) electrons. The summed E-state index contributed by atoms with van der Waals surface area (Å²) in [5.74, 6) is 1.66. The van der Waals surface area contributed by atoms with Crippen molar-refractivity contribution in [3.8, 4) is 0 Å². The van der Waals surface area contributed by atoms with Crippen LogP contribution >= 0.6 is 0 Å². The van der Waals surface area contributed by atoms with Gasteiger partial charge >= 0.3 is 0 Å². The third-order valence-corrected chi connectivity index (χ3v) is 4.47. The van der Waals surface area contributed by atoms with E-state index in [1.54, 1.807) is 0 Å². The molecule has 1 saturated carbocycles. The lowest BCUT2D eigenvalue weighted by atomic mass is 9.88. The molecular weight excluding hydrogens is 216 g/mol. The molecule has 1 amide bonds. The maximum Gasteiger partial charge on any atom is 0.228 e. The lowest BCUT2D eigenvalue weighted by molar-refractivity contribution is -0.141. The first-order chi connectivity index (χ1) is 8.24. The molecule has 96 valence electrons. The number of amides is 1. The highest BCUT2D eigenvalue weighted by molar-refractivity contribution is 5.80. The highest BCUT2D eigenvalue weighted by Crippen LogP contribution is 2.38. The Morgan fingerprint density at radius 1 is 1.29 bits per heavy atom. The van der Waals surface area contributed by atoms with Crippen molar-refractivity contribution in [1.82, 2.24) is 10.2 Å². The van der Waals surface area contributed by atoms with E-state index >= 15 is 0 Å². The molecular formula is C13H22N2O2. The third kappa shape index (κ3) is 2.47. The third-order valence-electron chi connectivity index (χ3n) is 4.47. The molecule has 1 aliphatic carbocycles. The van der Waals surface area contributed by atoms with E-state index in [2.05, 4.69) is 5.32 Å². The summed E-state index contributed by atoms with van der Waals surface area (Å²) in [5, 5.41) is 13.2. The summed E-state index contributed by atoms with van der Waals surface area (Å²) in [5.41, 5.74) is 0. The van der Waals surface area contributed by atoms with Crippen LogP contribution in [0.5, 0.6) is 0 Å². The number of aliphatic hydroxyl groups excluding tert-OH is 1. The zero-order valence-electron chi connectivity index (χ0n) is 10.3. The summed E-state index contributed by atoms with van der Waals surface area (Å²) < 4.78 is 0. The first kappa shape index (κ1) is 11.5. The lowest BCUT2D eigenvalue weighted by Crippen LogP contribution is -2.55. The number of carbonyl (C=O) groups excluding carboxylic acids is 1. The van der Waals surface area contributed by atoms with Crippen LogP contribution < -0.4 is 5.32 Å². The van der Waals surface area contributed by atoms with Crippen LogP contribution in [0.1, 0.15) is 25.7 Å². The maximum atomic E-state index is 12.1. The molecule has 3 aliphatic rings. The molecule has 0 aromatic rings. The number of hydrogen-bond acceptors (Lipinski definition) is 3. The Labute approximate surface area is 102 Å². The van der Waals surface area contributed by atoms with Gasteiger partial charge in [0.05, 0.1) is 12.0 Å². The van der Waals surface area contributed by atoms with Gasteiger partial charge in [0, 0.05) is 32.1 Å². The number of aliphatic hydroxyl groups is 1. The molecule has 0 aromatic heterocycles. The van der Waals surface area contributed by atoms with Gasteiger partial charge < -0.3 is 15.3 Å². The van der Waals surface area contributed by atoms with Crippen LogP contribution in [0.4, 0.5) is 0 Å². The Kier molecular flexibility index (Phi) is 3.09. The van der Waals surface area contributed by atoms with E-state index in [0.717, 1.165) is 44.9 Å². The number of likely N-dealkylation sites (tertiary alicyclic amines) is 1. The van der Waals surface area contributed by atoms with Crippen molar-refractivity contribution < 1.29 is 9.90 Å². The number of hydrogen-bond donors (Lipinski definition) is 2. The Bertz CT molecular complexity index is 300. The fourth-order valence-corrected chi connectivity index (χ4v) is 2.95. The summed E-state index contributed by atoms with van der Waals surface area (Å²) >= 11 is 0. The fraction of sp³-hybridized carbons (Fsp3) is 0.923. The Hall–Kier alpha value is -0.610. The second kappa shape index (κ2) is 4.58. The van der Waals surface area contributed by atoms with Gasteiger partial charge in [0.15, 0.2) is 0 Å². The highest BCUT2D eigenvalue weighted by Gasteiger charge is 2.37. The van der Waals surface area contributed by atoms with E-state index in [-0.39, 0.29) is 12.0 Å². The summed E-state index contributed by atoms with van der Waals surface area (Å²) in [6, 6.07) is 0. The van der Waals surface area contributed by atoms with Gasteiger partial charge in [-0.05, 0) is 18.8 Å². The number of piperidine rings is 1. The number of nitrogens with one attached hydrogen (secondary N) is 1. The first-order valence-electron chi connectivity index (χ1n) is 6.91. The van der Waals surface area contributed by atoms with Crippen molar-refractivity contribution in [2.45, 2.75) is 31.8 Å². The van der Waals surface area contributed by atoms with E-state index < -0.39 is 0 Å². The standard InChI is InChI=1S/C13H22N2O2/c16-12-3-4-15(13(17)11-6-14-7-11)8-10(12)5-9-1-2-9/h9-12,14,16H,1-8H2/t10-,12-/m0/s1. The maximum absolute atomic E-state index is 12.1. The van der Waals surface area contributed by atoms with Crippen molar-refractivity contribution in [3.05, 3.63) is 0 Å². The monoisotopic (exact) mass is 238 g/mol. The number of carbonyl (C=O) groups is 1. The van der Waals surface area contributed by atoms with Gasteiger partial charge in [0.2, 0.25) is 5.91 Å². The van der Waals surface area contributed by atoms with E-state index in [4.69, 9.17) is 0 Å². The zero-order chi connectivity index (χ0) is 11.8. The first-order valence-corrected chi connectivity index (χ1v) is 6.91. The summed E-state index contributed by atoms with van der Waals surface area (Å²) in [6.07, 6.45) is 4.35. The predicted molar refractivity (Wildman–Crippen MR) is 64.4 cm³/mol. The summed E-state index contributed by atoms with van der Waals surface area (Å²) in [4.78, 5) is 14.1. The topological polar surface area (TPSA) is 52.6 Å². The van der Waals surface area contributed by atoms with Crippen molar-refractivity contribution in [3.63, 3.8) is 0 Å². The van der Waals surface area contributed by atoms with Crippen molar-refractivity contribution in [1.29, 1.82) is 0 Å². The van der Waals surface area contributed by atoms with Gasteiger partial charge in [-0.15, -0.1) is 0 Å². The molecule has 0 unspecified atom stereocenters. The molecule has 2 heterocycles. The van der Waals surface area contributed by atoms with Crippen LogP contribution in [0.25, 0.3) is 0 Å². The molecule has 0 bridgehead atoms. The van der Waals surface area contributed by atoms with E-state index in [9.17, 15) is 9.90 Å². The predicted octanol–water partition coefficient (Wildman–Crippen LogP) is 0.215. The number of rotatable bonds is 3. The quantitative estimate of drug-likeness (QED) is 0.739. The average molecular weight is 238 g/mol. The molecule has 0 aromatic carbocycles. The van der Waals surface area contributed by atoms with Crippen molar-refractivity contribution in [2.24, 2.45) is 17.8 Å². The highest BCUT2D eigenvalue weighted by atomic mass is 16.3. The summed E-state index contributed by atoms with van der Waals surface area (Å²) in [6.45, 7) is 3.21. The van der Waals surface area contributed by atoms with Crippen LogP contribution in [-0.4, -0.2) is 48.2 Å². The van der Waals surface area contributed by atoms with Gasteiger partial charge in [-0.3, -0.25) is 4.79 Å². The number of nitrogens with zero attached hydrogens (tertiary/aromatic N) is 1. The molecule has 2 saturated heterocycles. The van der Waals surface area contributed by atoms with Crippen LogP contribution in [0.15, 0.2) is 0 Å². The van der Waals surface area contributed by atoms with Gasteiger partial charge in [-0.2, -0.15) is 0 Å². The lowest BCUT2D eigenvalue weighted by Gasteiger charge is -2.39. The molecule has 3 rings (SSSR count). The second-order valence-electron chi connectivity index (χ2n) is 5.93. The molecule has 4 heteroatoms. The Morgan fingerprint density at radius 2 is 2.06 bits per heavy atom. The van der Waals surface area contributed by atoms with Crippen molar-refractivity contribution in [2.75, 3.05) is 26.2 Å². The molecule has 4 nitrogen and oxygen atoms in total. The molecule has 17 heavy (non-hydrogen) atoms. The molecule has 2 aliphatic heterocycles. The van der Waals surface area contributed by atoms with Crippen LogP contribution in [-0.2, 0) is 4.79 Å². The molecule has 0 spiro atoms. The van der Waals surface area contributed by atoms with Crippen LogP contribution in [0.3, 0.4) is 0 Å². The minimum atomic E-state index is -0.181.